The number of nitrogens with two attached hydrogens (primary N) is 1. The molecule has 1 aromatic carbocycles. The summed E-state index contributed by atoms with van der Waals surface area (Å²) in [4.78, 5) is 17.5. The highest BCUT2D eigenvalue weighted by atomic mass is 16.5. The number of hydrogen-bond donors (Lipinski definition) is 2. The van der Waals surface area contributed by atoms with Gasteiger partial charge in [0.05, 0.1) is 28.0 Å². The minimum atomic E-state index is -0.130. The summed E-state index contributed by atoms with van der Waals surface area (Å²) >= 11 is 0. The molecule has 1 amide bonds. The zero-order valence-electron chi connectivity index (χ0n) is 17.3. The fraction of sp³-hybridized carbons (Fsp3) is 0.304. The summed E-state index contributed by atoms with van der Waals surface area (Å²) < 4.78 is 7.06. The van der Waals surface area contributed by atoms with Gasteiger partial charge in [-0.25, -0.2) is 9.67 Å². The monoisotopic (exact) mass is 416 g/mol. The number of carbonyl (C=O) groups excluding carboxylic acids is 1. The number of aromatic nitrogens is 4. The van der Waals surface area contributed by atoms with Gasteiger partial charge in [0.15, 0.2) is 0 Å². The van der Waals surface area contributed by atoms with Crippen molar-refractivity contribution >= 4 is 22.8 Å². The molecule has 158 valence electrons. The van der Waals surface area contributed by atoms with Gasteiger partial charge in [-0.3, -0.25) is 4.79 Å². The first-order valence-corrected chi connectivity index (χ1v) is 10.5. The van der Waals surface area contributed by atoms with Crippen molar-refractivity contribution in [2.75, 3.05) is 12.3 Å². The van der Waals surface area contributed by atoms with Gasteiger partial charge < -0.3 is 15.6 Å². The van der Waals surface area contributed by atoms with Crippen LogP contribution in [0.25, 0.3) is 16.8 Å². The summed E-state index contributed by atoms with van der Waals surface area (Å²) in [6.07, 6.45) is 3.68. The van der Waals surface area contributed by atoms with Crippen LogP contribution in [-0.4, -0.2) is 32.4 Å². The highest BCUT2D eigenvalue weighted by Gasteiger charge is 2.28. The van der Waals surface area contributed by atoms with E-state index in [0.717, 1.165) is 42.8 Å². The molecular weight excluding hydrogens is 392 g/mol. The first-order valence-electron chi connectivity index (χ1n) is 10.5. The SMILES string of the molecule is Cc1noc2nc(C3CC3)cc(C(=O)NCCCc3cc(N)n(-c4ccccc4)n3)c12. The molecular formula is C23H24N6O2. The van der Waals surface area contributed by atoms with Crippen LogP contribution in [0.2, 0.25) is 0 Å². The third kappa shape index (κ3) is 3.88. The molecule has 0 bridgehead atoms. The first-order chi connectivity index (χ1) is 15.1. The molecule has 0 saturated heterocycles. The number of fused-ring (bicyclic) bond motifs is 1. The van der Waals surface area contributed by atoms with Gasteiger partial charge in [0.1, 0.15) is 5.82 Å². The van der Waals surface area contributed by atoms with Gasteiger partial charge in [-0.05, 0) is 50.8 Å². The predicted molar refractivity (Wildman–Crippen MR) is 117 cm³/mol. The molecule has 3 aromatic heterocycles. The van der Waals surface area contributed by atoms with Crippen molar-refractivity contribution in [2.24, 2.45) is 0 Å². The van der Waals surface area contributed by atoms with E-state index in [2.05, 4.69) is 20.6 Å². The lowest BCUT2D eigenvalue weighted by atomic mass is 10.1. The van der Waals surface area contributed by atoms with Crippen LogP contribution in [0.4, 0.5) is 5.82 Å². The van der Waals surface area contributed by atoms with E-state index in [9.17, 15) is 4.79 Å². The van der Waals surface area contributed by atoms with Crippen molar-refractivity contribution < 1.29 is 9.32 Å². The molecule has 0 aliphatic heterocycles. The van der Waals surface area contributed by atoms with Crippen molar-refractivity contribution in [3.05, 3.63) is 65.1 Å². The van der Waals surface area contributed by atoms with Gasteiger partial charge in [0.25, 0.3) is 11.6 Å². The maximum absolute atomic E-state index is 12.9. The number of para-hydroxylation sites is 1. The van der Waals surface area contributed by atoms with Crippen molar-refractivity contribution in [3.8, 4) is 5.69 Å². The van der Waals surface area contributed by atoms with Crippen LogP contribution in [-0.2, 0) is 6.42 Å². The lowest BCUT2D eigenvalue weighted by Crippen LogP contribution is -2.25. The molecule has 1 saturated carbocycles. The molecule has 31 heavy (non-hydrogen) atoms. The van der Waals surface area contributed by atoms with E-state index in [-0.39, 0.29) is 5.91 Å². The normalized spacial score (nSPS) is 13.6. The van der Waals surface area contributed by atoms with Gasteiger partial charge in [-0.2, -0.15) is 5.10 Å². The summed E-state index contributed by atoms with van der Waals surface area (Å²) in [6, 6.07) is 13.6. The number of nitrogens with one attached hydrogen (secondary N) is 1. The van der Waals surface area contributed by atoms with Crippen molar-refractivity contribution in [1.29, 1.82) is 0 Å². The van der Waals surface area contributed by atoms with E-state index in [1.165, 1.54) is 0 Å². The Kier molecular flexibility index (Phi) is 4.89. The van der Waals surface area contributed by atoms with E-state index in [1.807, 2.05) is 49.4 Å². The molecule has 8 heteroatoms. The largest absolute Gasteiger partial charge is 0.384 e. The molecule has 1 fully saturated rings. The molecule has 0 unspecified atom stereocenters. The van der Waals surface area contributed by atoms with Crippen LogP contribution in [0, 0.1) is 6.92 Å². The van der Waals surface area contributed by atoms with Gasteiger partial charge >= 0.3 is 0 Å². The fourth-order valence-corrected chi connectivity index (χ4v) is 3.79. The van der Waals surface area contributed by atoms with Crippen LogP contribution in [0.3, 0.4) is 0 Å². The lowest BCUT2D eigenvalue weighted by Gasteiger charge is -2.07. The molecule has 0 radical (unpaired) electrons. The van der Waals surface area contributed by atoms with Crippen molar-refractivity contribution in [2.45, 2.75) is 38.5 Å². The third-order valence-corrected chi connectivity index (χ3v) is 5.56. The zero-order valence-corrected chi connectivity index (χ0v) is 17.3. The number of hydrogen-bond acceptors (Lipinski definition) is 6. The Morgan fingerprint density at radius 2 is 2.06 bits per heavy atom. The molecule has 5 rings (SSSR count). The molecule has 4 aromatic rings. The van der Waals surface area contributed by atoms with Gasteiger partial charge in [0, 0.05) is 24.2 Å². The summed E-state index contributed by atoms with van der Waals surface area (Å²) in [5.74, 6) is 0.890. The second-order valence-electron chi connectivity index (χ2n) is 7.98. The maximum Gasteiger partial charge on any atom is 0.259 e. The number of aryl methyl sites for hydroxylation is 2. The zero-order chi connectivity index (χ0) is 21.4. The van der Waals surface area contributed by atoms with Crippen LogP contribution >= 0.6 is 0 Å². The molecule has 3 N–H and O–H groups in total. The van der Waals surface area contributed by atoms with Crippen LogP contribution in [0.5, 0.6) is 0 Å². The Morgan fingerprint density at radius 3 is 2.84 bits per heavy atom. The second-order valence-corrected chi connectivity index (χ2v) is 7.98. The molecule has 1 aliphatic carbocycles. The Morgan fingerprint density at radius 1 is 1.26 bits per heavy atom. The average molecular weight is 416 g/mol. The number of pyridine rings is 1. The number of carbonyl (C=O) groups is 1. The third-order valence-electron chi connectivity index (χ3n) is 5.56. The van der Waals surface area contributed by atoms with Crippen LogP contribution < -0.4 is 11.1 Å². The maximum atomic E-state index is 12.9. The average Bonchev–Trinajstić information content (AvgIpc) is 3.48. The summed E-state index contributed by atoms with van der Waals surface area (Å²) in [7, 11) is 0. The Hall–Kier alpha value is -3.68. The number of benzene rings is 1. The molecule has 1 aliphatic rings. The van der Waals surface area contributed by atoms with Crippen molar-refractivity contribution in [1.82, 2.24) is 25.2 Å². The van der Waals surface area contributed by atoms with E-state index in [1.54, 1.807) is 4.68 Å². The number of rotatable bonds is 7. The topological polar surface area (TPSA) is 112 Å². The molecule has 0 spiro atoms. The Labute approximate surface area is 179 Å². The van der Waals surface area contributed by atoms with E-state index < -0.39 is 0 Å². The van der Waals surface area contributed by atoms with Crippen molar-refractivity contribution in [3.63, 3.8) is 0 Å². The quantitative estimate of drug-likeness (QED) is 0.446. The Balaban J connectivity index is 1.24. The summed E-state index contributed by atoms with van der Waals surface area (Å²) in [6.45, 7) is 2.36. The predicted octanol–water partition coefficient (Wildman–Crippen LogP) is 3.54. The minimum absolute atomic E-state index is 0.130. The number of nitrogen functional groups attached to an aromatic ring is 1. The molecule has 0 atom stereocenters. The van der Waals surface area contributed by atoms with E-state index in [4.69, 9.17) is 10.3 Å². The van der Waals surface area contributed by atoms with Gasteiger partial charge in [0.2, 0.25) is 0 Å². The highest BCUT2D eigenvalue weighted by molar-refractivity contribution is 6.06. The summed E-state index contributed by atoms with van der Waals surface area (Å²) in [5.41, 5.74) is 10.6. The molecule has 3 heterocycles. The minimum Gasteiger partial charge on any atom is -0.384 e. The van der Waals surface area contributed by atoms with E-state index in [0.29, 0.717) is 40.6 Å². The second kappa shape index (κ2) is 7.86. The summed E-state index contributed by atoms with van der Waals surface area (Å²) in [5, 5.41) is 12.3. The van der Waals surface area contributed by atoms with Gasteiger partial charge in [-0.1, -0.05) is 23.4 Å². The fourth-order valence-electron chi connectivity index (χ4n) is 3.79. The standard InChI is InChI=1S/C23H24N6O2/c1-14-21-18(13-19(15-9-10-15)26-23(21)31-28-14)22(30)25-11-5-6-16-12-20(24)29(27-16)17-7-3-2-4-8-17/h2-4,7-8,12-13,15H,5-6,9-11,24H2,1H3,(H,25,30). The first kappa shape index (κ1) is 19.3. The molecule has 8 nitrogen and oxygen atoms in total. The number of amides is 1. The number of anilines is 1. The Bertz CT molecular complexity index is 1240. The van der Waals surface area contributed by atoms with Crippen LogP contribution in [0.1, 0.15) is 52.6 Å². The van der Waals surface area contributed by atoms with E-state index >= 15 is 0 Å². The number of nitrogens with zero attached hydrogens (tertiary/aromatic N) is 4. The highest BCUT2D eigenvalue weighted by Crippen LogP contribution is 2.40. The van der Waals surface area contributed by atoms with Crippen LogP contribution in [0.15, 0.2) is 47.0 Å². The smallest absolute Gasteiger partial charge is 0.259 e. The lowest BCUT2D eigenvalue weighted by molar-refractivity contribution is 0.0954. The van der Waals surface area contributed by atoms with Gasteiger partial charge in [-0.15, -0.1) is 0 Å².